The number of hydrogen-bond donors (Lipinski definition) is 1. The minimum absolute atomic E-state index is 0. The van der Waals surface area contributed by atoms with Gasteiger partial charge in [0.2, 0.25) is 0 Å². The zero-order chi connectivity index (χ0) is 13.1. The Kier molecular flexibility index (Phi) is 5.77. The Morgan fingerprint density at radius 3 is 2.37 bits per heavy atom. The van der Waals surface area contributed by atoms with E-state index in [4.69, 9.17) is 4.74 Å². The van der Waals surface area contributed by atoms with E-state index in [2.05, 4.69) is 12.6 Å². The molecular weight excluding hydrogens is 310 g/mol. The van der Waals surface area contributed by atoms with Crippen molar-refractivity contribution in [2.75, 3.05) is 7.11 Å². The van der Waals surface area contributed by atoms with E-state index >= 15 is 0 Å². The Morgan fingerprint density at radius 1 is 1.11 bits per heavy atom. The van der Waals surface area contributed by atoms with Crippen molar-refractivity contribution >= 4 is 18.4 Å². The minimum Gasteiger partial charge on any atom is -0.496 e. The molecule has 0 heterocycles. The third-order valence-corrected chi connectivity index (χ3v) is 3.19. The number of ketones is 1. The predicted octanol–water partition coefficient (Wildman–Crippen LogP) is 3.85. The zero-order valence-electron chi connectivity index (χ0n) is 11.0. The van der Waals surface area contributed by atoms with Crippen LogP contribution in [0.15, 0.2) is 47.4 Å². The fourth-order valence-corrected chi connectivity index (χ4v) is 2.12. The average Bonchev–Trinajstić information content (AvgIpc) is 2.38. The largest absolute Gasteiger partial charge is 0.496 e. The van der Waals surface area contributed by atoms with Gasteiger partial charge in [-0.1, -0.05) is 24.3 Å². The van der Waals surface area contributed by atoms with Crippen LogP contribution in [-0.4, -0.2) is 12.9 Å². The summed E-state index contributed by atoms with van der Waals surface area (Å²) in [5.41, 5.74) is 2.58. The van der Waals surface area contributed by atoms with Crippen molar-refractivity contribution in [2.24, 2.45) is 0 Å². The Hall–Kier alpha value is -1.12. The number of hydrogen-bond acceptors (Lipinski definition) is 3. The van der Waals surface area contributed by atoms with Crippen LogP contribution in [0.3, 0.4) is 0 Å². The van der Waals surface area contributed by atoms with Gasteiger partial charge in [-0.3, -0.25) is 4.79 Å². The van der Waals surface area contributed by atoms with Crippen LogP contribution in [0, 0.1) is 0 Å². The first-order chi connectivity index (χ1) is 8.63. The van der Waals surface area contributed by atoms with Crippen LogP contribution in [-0.2, 0) is 19.5 Å². The van der Waals surface area contributed by atoms with Crippen LogP contribution < -0.4 is 4.74 Å². The van der Waals surface area contributed by atoms with Gasteiger partial charge in [-0.05, 0) is 30.7 Å². The molecule has 0 aliphatic rings. The summed E-state index contributed by atoms with van der Waals surface area (Å²) in [5, 5.41) is 0. The molecule has 0 N–H and O–H groups in total. The third-order valence-electron chi connectivity index (χ3n) is 2.80. The van der Waals surface area contributed by atoms with Gasteiger partial charge in [0, 0.05) is 35.5 Å². The molecule has 0 aliphatic heterocycles. The molecule has 0 saturated heterocycles. The molecule has 0 aromatic heterocycles. The first kappa shape index (κ1) is 15.9. The van der Waals surface area contributed by atoms with Gasteiger partial charge in [-0.15, -0.1) is 12.6 Å². The summed E-state index contributed by atoms with van der Waals surface area (Å²) >= 11 is 4.44. The number of ether oxygens (including phenoxy) is 1. The second-order valence-electron chi connectivity index (χ2n) is 3.99. The molecule has 0 amide bonds. The van der Waals surface area contributed by atoms with E-state index in [-0.39, 0.29) is 25.3 Å². The Labute approximate surface area is 131 Å². The quantitative estimate of drug-likeness (QED) is 0.527. The Bertz CT molecular complexity index is 596. The minimum atomic E-state index is 0. The Balaban J connectivity index is 0.00000180. The molecule has 2 rings (SSSR count). The molecule has 94 valence electrons. The topological polar surface area (TPSA) is 26.3 Å². The number of Topliss-reactive ketones (excluding diaryl/α,β-unsaturated/α-hetero) is 1. The van der Waals surface area contributed by atoms with Crippen molar-refractivity contribution in [3.05, 3.63) is 48.0 Å². The summed E-state index contributed by atoms with van der Waals surface area (Å²) in [6.45, 7) is 1.54. The van der Waals surface area contributed by atoms with Crippen LogP contribution in [0.4, 0.5) is 0 Å². The summed E-state index contributed by atoms with van der Waals surface area (Å²) in [6, 6.07) is 13.3. The van der Waals surface area contributed by atoms with Crippen molar-refractivity contribution in [2.45, 2.75) is 11.8 Å². The molecule has 0 aliphatic carbocycles. The van der Waals surface area contributed by atoms with E-state index < -0.39 is 0 Å². The van der Waals surface area contributed by atoms with Gasteiger partial charge in [0.25, 0.3) is 0 Å². The zero-order valence-corrected chi connectivity index (χ0v) is 14.9. The van der Waals surface area contributed by atoms with Gasteiger partial charge in [0.05, 0.1) is 7.11 Å². The molecule has 0 fully saturated rings. The van der Waals surface area contributed by atoms with Gasteiger partial charge in [0.15, 0.2) is 5.78 Å². The van der Waals surface area contributed by atoms with Crippen LogP contribution in [0.5, 0.6) is 5.75 Å². The summed E-state index contributed by atoms with van der Waals surface area (Å²) in [7, 11) is 1.60. The van der Waals surface area contributed by atoms with Crippen LogP contribution >= 0.6 is 12.6 Å². The maximum Gasteiger partial charge on any atom is 0.159 e. The number of rotatable bonds is 3. The summed E-state index contributed by atoms with van der Waals surface area (Å²) in [4.78, 5) is 12.2. The maximum absolute atomic E-state index is 11.4. The predicted molar refractivity (Wildman–Crippen MR) is 75.7 cm³/mol. The summed E-state index contributed by atoms with van der Waals surface area (Å²) < 4.78 is 5.36. The van der Waals surface area contributed by atoms with Gasteiger partial charge >= 0.3 is 0 Å². The molecule has 0 unspecified atom stereocenters. The van der Waals surface area contributed by atoms with Crippen molar-refractivity contribution in [3.8, 4) is 16.9 Å². The van der Waals surface area contributed by atoms with E-state index in [1.165, 1.54) is 0 Å². The summed E-state index contributed by atoms with van der Waals surface area (Å²) in [5.74, 6) is 0.711. The molecule has 2 nitrogen and oxygen atoms in total. The number of thiol groups is 1. The number of benzene rings is 2. The molecular formula is C15H14O2SZn. The molecule has 4 heteroatoms. The first-order valence-electron chi connectivity index (χ1n) is 5.61. The first-order valence-corrected chi connectivity index (χ1v) is 6.05. The summed E-state index contributed by atoms with van der Waals surface area (Å²) in [6.07, 6.45) is 0. The molecule has 0 atom stereocenters. The van der Waals surface area contributed by atoms with E-state index in [9.17, 15) is 4.79 Å². The third kappa shape index (κ3) is 3.46. The fraction of sp³-hybridized carbons (Fsp3) is 0.133. The molecule has 0 spiro atoms. The van der Waals surface area contributed by atoms with Gasteiger partial charge in [-0.2, -0.15) is 0 Å². The van der Waals surface area contributed by atoms with E-state index in [0.717, 1.165) is 16.0 Å². The Morgan fingerprint density at radius 2 is 1.79 bits per heavy atom. The van der Waals surface area contributed by atoms with Crippen molar-refractivity contribution in [1.29, 1.82) is 0 Å². The van der Waals surface area contributed by atoms with Gasteiger partial charge in [-0.25, -0.2) is 0 Å². The van der Waals surface area contributed by atoms with Crippen molar-refractivity contribution in [3.63, 3.8) is 0 Å². The van der Waals surface area contributed by atoms with Gasteiger partial charge in [0.1, 0.15) is 5.75 Å². The van der Waals surface area contributed by atoms with Crippen LogP contribution in [0.1, 0.15) is 17.3 Å². The van der Waals surface area contributed by atoms with Crippen LogP contribution in [0.25, 0.3) is 11.1 Å². The molecule has 0 radical (unpaired) electrons. The van der Waals surface area contributed by atoms with E-state index in [1.54, 1.807) is 26.2 Å². The molecule has 2 aromatic rings. The van der Waals surface area contributed by atoms with Crippen LogP contribution in [0.2, 0.25) is 0 Å². The molecule has 2 aromatic carbocycles. The number of methoxy groups -OCH3 is 1. The van der Waals surface area contributed by atoms with E-state index in [1.807, 2.05) is 30.3 Å². The molecule has 0 bridgehead atoms. The normalized spacial score (nSPS) is 9.63. The van der Waals surface area contributed by atoms with Crippen molar-refractivity contribution in [1.82, 2.24) is 0 Å². The molecule has 0 saturated carbocycles. The molecule has 19 heavy (non-hydrogen) atoms. The standard InChI is InChI=1S/C15H14O2S.Zn/c1-10(16)11-7-8-12(14(9-11)17-2)13-5-3-4-6-15(13)18;/h3-9,18H,1-2H3;. The maximum atomic E-state index is 11.4. The van der Waals surface area contributed by atoms with Gasteiger partial charge < -0.3 is 4.74 Å². The number of carbonyl (C=O) groups is 1. The fourth-order valence-electron chi connectivity index (χ4n) is 1.83. The average molecular weight is 324 g/mol. The number of carbonyl (C=O) groups excluding carboxylic acids is 1. The monoisotopic (exact) mass is 322 g/mol. The smallest absolute Gasteiger partial charge is 0.159 e. The second-order valence-corrected chi connectivity index (χ2v) is 4.47. The SMILES string of the molecule is COc1cc(C(C)=O)ccc1-c1ccccc1S.[Zn]. The van der Waals surface area contributed by atoms with E-state index in [0.29, 0.717) is 11.3 Å². The second kappa shape index (κ2) is 6.88. The van der Waals surface area contributed by atoms with Crippen molar-refractivity contribution < 1.29 is 29.0 Å².